The smallest absolute Gasteiger partial charge is 0.487 e. The van der Waals surface area contributed by atoms with Crippen LogP contribution in [0.5, 0.6) is 5.75 Å². The van der Waals surface area contributed by atoms with Crippen molar-refractivity contribution in [3.63, 3.8) is 0 Å². The van der Waals surface area contributed by atoms with Crippen LogP contribution in [0.15, 0.2) is 42.7 Å². The summed E-state index contributed by atoms with van der Waals surface area (Å²) in [6.45, 7) is -2.86. The molecule has 1 aromatic heterocycles. The molecular weight excluding hydrogens is 254 g/mol. The van der Waals surface area contributed by atoms with E-state index in [2.05, 4.69) is 4.98 Å². The van der Waals surface area contributed by atoms with E-state index in [1.165, 1.54) is 6.20 Å². The Kier molecular flexibility index (Phi) is 3.78. The summed E-state index contributed by atoms with van der Waals surface area (Å²) in [6, 6.07) is 8.57. The molecule has 0 amide bonds. The number of nitrogens with zero attached hydrogens (tertiary/aromatic N) is 1. The summed E-state index contributed by atoms with van der Waals surface area (Å²) in [5.74, 6) is 0.122. The van der Waals surface area contributed by atoms with Crippen molar-refractivity contribution in [3.8, 4) is 5.75 Å². The average Bonchev–Trinajstić information content (AvgIpc) is 2.37. The number of halogens is 3. The van der Waals surface area contributed by atoms with Crippen LogP contribution in [0.2, 0.25) is 0 Å². The number of benzene rings is 1. The number of aryl methyl sites for hydroxylation is 1. The SMILES string of the molecule is Cc1ccc(COc2cncc([B-](F)(F)F)c2)cc1. The third kappa shape index (κ3) is 3.74. The number of aromatic nitrogens is 1. The summed E-state index contributed by atoms with van der Waals surface area (Å²) in [5, 5.41) is 0. The van der Waals surface area contributed by atoms with Crippen molar-refractivity contribution >= 4 is 12.4 Å². The first-order valence-corrected chi connectivity index (χ1v) is 5.78. The van der Waals surface area contributed by atoms with Gasteiger partial charge in [0.1, 0.15) is 12.4 Å². The van der Waals surface area contributed by atoms with Gasteiger partial charge in [-0.3, -0.25) is 4.98 Å². The molecule has 0 aliphatic rings. The van der Waals surface area contributed by atoms with Crippen molar-refractivity contribution in [3.05, 3.63) is 53.9 Å². The molecule has 6 heteroatoms. The Labute approximate surface area is 109 Å². The molecule has 0 aliphatic heterocycles. The fraction of sp³-hybridized carbons (Fsp3) is 0.154. The van der Waals surface area contributed by atoms with Gasteiger partial charge < -0.3 is 17.7 Å². The lowest BCUT2D eigenvalue weighted by molar-refractivity contribution is 0.305. The highest BCUT2D eigenvalue weighted by atomic mass is 19.4. The van der Waals surface area contributed by atoms with Crippen LogP contribution in [0.4, 0.5) is 12.9 Å². The molecule has 0 fully saturated rings. The second kappa shape index (κ2) is 5.34. The molecule has 0 atom stereocenters. The molecule has 0 spiro atoms. The first kappa shape index (κ1) is 13.5. The van der Waals surface area contributed by atoms with Gasteiger partial charge >= 0.3 is 6.98 Å². The van der Waals surface area contributed by atoms with E-state index in [0.29, 0.717) is 0 Å². The van der Waals surface area contributed by atoms with E-state index in [1.807, 2.05) is 31.2 Å². The summed E-state index contributed by atoms with van der Waals surface area (Å²) >= 11 is 0. The first-order valence-electron chi connectivity index (χ1n) is 5.78. The Balaban J connectivity index is 2.05. The van der Waals surface area contributed by atoms with Crippen LogP contribution in [0.25, 0.3) is 0 Å². The standard InChI is InChI=1S/C13H12BF3NO/c1-10-2-4-11(5-3-10)9-19-13-6-12(7-18-8-13)14(15,16)17/h2-8H,9H2,1H3/q-1. The van der Waals surface area contributed by atoms with Crippen LogP contribution in [0.1, 0.15) is 11.1 Å². The monoisotopic (exact) mass is 266 g/mol. The Hall–Kier alpha value is -1.98. The third-order valence-corrected chi connectivity index (χ3v) is 2.64. The molecular formula is C13H12BF3NO-. The van der Waals surface area contributed by atoms with Crippen molar-refractivity contribution in [1.29, 1.82) is 0 Å². The van der Waals surface area contributed by atoms with Gasteiger partial charge in [0.15, 0.2) is 0 Å². The number of pyridine rings is 1. The Morgan fingerprint density at radius 3 is 2.42 bits per heavy atom. The van der Waals surface area contributed by atoms with Crippen molar-refractivity contribution in [2.24, 2.45) is 0 Å². The Bertz CT molecular complexity index is 555. The minimum absolute atomic E-state index is 0.122. The molecule has 19 heavy (non-hydrogen) atoms. The first-order chi connectivity index (χ1) is 8.95. The minimum atomic E-state index is -5.04. The predicted octanol–water partition coefficient (Wildman–Crippen LogP) is 3.02. The lowest BCUT2D eigenvalue weighted by Crippen LogP contribution is -2.34. The van der Waals surface area contributed by atoms with Crippen LogP contribution in [0, 0.1) is 6.92 Å². The molecule has 2 aromatic rings. The summed E-state index contributed by atoms with van der Waals surface area (Å²) in [5.41, 5.74) is 1.27. The number of hydrogen-bond acceptors (Lipinski definition) is 2. The summed E-state index contributed by atoms with van der Waals surface area (Å²) in [4.78, 5) is 3.55. The normalized spacial score (nSPS) is 11.4. The van der Waals surface area contributed by atoms with Gasteiger partial charge in [0.25, 0.3) is 0 Å². The van der Waals surface area contributed by atoms with Gasteiger partial charge in [-0.05, 0) is 18.6 Å². The van der Waals surface area contributed by atoms with E-state index in [0.717, 1.165) is 23.4 Å². The summed E-state index contributed by atoms with van der Waals surface area (Å²) < 4.78 is 42.9. The van der Waals surface area contributed by atoms with Crippen molar-refractivity contribution in [1.82, 2.24) is 4.98 Å². The van der Waals surface area contributed by atoms with E-state index in [1.54, 1.807) is 0 Å². The van der Waals surface area contributed by atoms with E-state index in [4.69, 9.17) is 4.74 Å². The van der Waals surface area contributed by atoms with Crippen LogP contribution < -0.4 is 10.2 Å². The molecule has 0 unspecified atom stereocenters. The maximum Gasteiger partial charge on any atom is 0.511 e. The second-order valence-corrected chi connectivity index (χ2v) is 4.30. The zero-order valence-corrected chi connectivity index (χ0v) is 10.3. The molecule has 0 N–H and O–H groups in total. The maximum absolute atomic E-state index is 12.5. The molecule has 0 saturated carbocycles. The highest BCUT2D eigenvalue weighted by molar-refractivity contribution is 6.73. The lowest BCUT2D eigenvalue weighted by Gasteiger charge is -2.15. The maximum atomic E-state index is 12.5. The highest BCUT2D eigenvalue weighted by Gasteiger charge is 2.26. The second-order valence-electron chi connectivity index (χ2n) is 4.30. The third-order valence-electron chi connectivity index (χ3n) is 2.64. The predicted molar refractivity (Wildman–Crippen MR) is 68.5 cm³/mol. The van der Waals surface area contributed by atoms with Gasteiger partial charge in [0, 0.05) is 6.20 Å². The van der Waals surface area contributed by atoms with Crippen molar-refractivity contribution in [2.75, 3.05) is 0 Å². The molecule has 2 nitrogen and oxygen atoms in total. The van der Waals surface area contributed by atoms with Gasteiger partial charge in [-0.1, -0.05) is 35.3 Å². The largest absolute Gasteiger partial charge is 0.511 e. The quantitative estimate of drug-likeness (QED) is 0.793. The fourth-order valence-electron chi connectivity index (χ4n) is 1.54. The molecule has 1 heterocycles. The Morgan fingerprint density at radius 2 is 1.79 bits per heavy atom. The van der Waals surface area contributed by atoms with Crippen LogP contribution in [-0.2, 0) is 6.61 Å². The molecule has 0 bridgehead atoms. The van der Waals surface area contributed by atoms with E-state index < -0.39 is 12.4 Å². The van der Waals surface area contributed by atoms with E-state index in [-0.39, 0.29) is 12.4 Å². The van der Waals surface area contributed by atoms with Crippen molar-refractivity contribution in [2.45, 2.75) is 13.5 Å². The van der Waals surface area contributed by atoms with Crippen molar-refractivity contribution < 1.29 is 17.7 Å². The Morgan fingerprint density at radius 1 is 1.11 bits per heavy atom. The zero-order chi connectivity index (χ0) is 13.9. The molecule has 2 rings (SSSR count). The number of rotatable bonds is 4. The van der Waals surface area contributed by atoms with Gasteiger partial charge in [-0.15, -0.1) is 0 Å². The zero-order valence-electron chi connectivity index (χ0n) is 10.3. The van der Waals surface area contributed by atoms with Crippen LogP contribution >= 0.6 is 0 Å². The highest BCUT2D eigenvalue weighted by Crippen LogP contribution is 2.14. The molecule has 0 radical (unpaired) electrons. The number of hydrogen-bond donors (Lipinski definition) is 0. The minimum Gasteiger partial charge on any atom is -0.487 e. The summed E-state index contributed by atoms with van der Waals surface area (Å²) in [7, 11) is 0. The summed E-state index contributed by atoms with van der Waals surface area (Å²) in [6.07, 6.45) is 2.08. The molecule has 0 aliphatic carbocycles. The number of ether oxygens (including phenoxy) is 1. The average molecular weight is 266 g/mol. The molecule has 100 valence electrons. The molecule has 0 saturated heterocycles. The van der Waals surface area contributed by atoms with Crippen LogP contribution in [-0.4, -0.2) is 12.0 Å². The molecule has 1 aromatic carbocycles. The van der Waals surface area contributed by atoms with E-state index in [9.17, 15) is 12.9 Å². The van der Waals surface area contributed by atoms with Crippen LogP contribution in [0.3, 0.4) is 0 Å². The lowest BCUT2D eigenvalue weighted by atomic mass is 9.81. The fourth-order valence-corrected chi connectivity index (χ4v) is 1.54. The van der Waals surface area contributed by atoms with Gasteiger partial charge in [-0.25, -0.2) is 0 Å². The van der Waals surface area contributed by atoms with Gasteiger partial charge in [0.2, 0.25) is 0 Å². The van der Waals surface area contributed by atoms with Gasteiger partial charge in [-0.2, -0.15) is 0 Å². The van der Waals surface area contributed by atoms with E-state index >= 15 is 0 Å². The van der Waals surface area contributed by atoms with Gasteiger partial charge in [0.05, 0.1) is 6.20 Å². The topological polar surface area (TPSA) is 22.1 Å².